The Morgan fingerprint density at radius 1 is 1.03 bits per heavy atom. The van der Waals surface area contributed by atoms with Crippen LogP contribution in [0.25, 0.3) is 0 Å². The SMILES string of the molecule is COC(=O)Cn1c(=O)c2c(n(Cc3ccccc3)c1=O)NC1=C(C(=O)CC(C)(C)C1)[C@@H]2c1ccc(Cl)cc1. The van der Waals surface area contributed by atoms with Crippen molar-refractivity contribution in [3.05, 3.63) is 108 Å². The smallest absolute Gasteiger partial charge is 0.333 e. The van der Waals surface area contributed by atoms with E-state index in [4.69, 9.17) is 16.3 Å². The van der Waals surface area contributed by atoms with Gasteiger partial charge in [0.1, 0.15) is 12.4 Å². The van der Waals surface area contributed by atoms with E-state index in [2.05, 4.69) is 5.32 Å². The summed E-state index contributed by atoms with van der Waals surface area (Å²) in [6.45, 7) is 3.66. The summed E-state index contributed by atoms with van der Waals surface area (Å²) < 4.78 is 7.13. The fourth-order valence-electron chi connectivity index (χ4n) is 5.42. The number of fused-ring (bicyclic) bond motifs is 1. The number of aromatic nitrogens is 2. The lowest BCUT2D eigenvalue weighted by Crippen LogP contribution is -2.47. The number of Topliss-reactive ketones (excluding diaryl/α,β-unsaturated/α-hetero) is 1. The molecule has 0 saturated heterocycles. The fourth-order valence-corrected chi connectivity index (χ4v) is 5.54. The van der Waals surface area contributed by atoms with Gasteiger partial charge in [0.05, 0.1) is 19.2 Å². The summed E-state index contributed by atoms with van der Waals surface area (Å²) in [6.07, 6.45) is 0.898. The van der Waals surface area contributed by atoms with Gasteiger partial charge in [-0.1, -0.05) is 67.9 Å². The molecule has 1 aromatic heterocycles. The minimum atomic E-state index is -0.735. The third kappa shape index (κ3) is 4.60. The van der Waals surface area contributed by atoms with Gasteiger partial charge in [0, 0.05) is 28.6 Å². The second-order valence-electron chi connectivity index (χ2n) is 10.5. The average Bonchev–Trinajstić information content (AvgIpc) is 2.88. The van der Waals surface area contributed by atoms with Crippen molar-refractivity contribution in [2.75, 3.05) is 12.4 Å². The Kier molecular flexibility index (Phi) is 6.61. The first kappa shape index (κ1) is 25.7. The molecule has 38 heavy (non-hydrogen) atoms. The molecular weight excluding hydrogens is 506 g/mol. The number of benzene rings is 2. The molecule has 0 fully saturated rings. The number of ketones is 1. The lowest BCUT2D eigenvalue weighted by atomic mass is 9.69. The van der Waals surface area contributed by atoms with Gasteiger partial charge in [0.15, 0.2) is 5.78 Å². The minimum Gasteiger partial charge on any atom is -0.468 e. The number of anilines is 1. The average molecular weight is 534 g/mol. The Morgan fingerprint density at radius 3 is 2.37 bits per heavy atom. The van der Waals surface area contributed by atoms with E-state index >= 15 is 0 Å². The number of rotatable bonds is 5. The zero-order valence-corrected chi connectivity index (χ0v) is 22.2. The zero-order valence-electron chi connectivity index (χ0n) is 21.4. The first-order valence-corrected chi connectivity index (χ1v) is 12.7. The van der Waals surface area contributed by atoms with Crippen molar-refractivity contribution in [1.82, 2.24) is 9.13 Å². The van der Waals surface area contributed by atoms with Crippen molar-refractivity contribution >= 4 is 29.2 Å². The molecule has 2 heterocycles. The van der Waals surface area contributed by atoms with Crippen molar-refractivity contribution in [1.29, 1.82) is 0 Å². The maximum atomic E-state index is 14.0. The van der Waals surface area contributed by atoms with E-state index in [1.54, 1.807) is 24.3 Å². The van der Waals surface area contributed by atoms with Crippen LogP contribution in [0.2, 0.25) is 5.02 Å². The number of ether oxygens (including phenoxy) is 1. The van der Waals surface area contributed by atoms with E-state index in [0.29, 0.717) is 40.5 Å². The molecule has 8 nitrogen and oxygen atoms in total. The molecule has 9 heteroatoms. The molecule has 1 atom stereocenters. The van der Waals surface area contributed by atoms with Gasteiger partial charge in [0.25, 0.3) is 5.56 Å². The molecule has 2 aromatic carbocycles. The number of nitrogens with one attached hydrogen (secondary N) is 1. The van der Waals surface area contributed by atoms with Gasteiger partial charge in [-0.2, -0.15) is 0 Å². The summed E-state index contributed by atoms with van der Waals surface area (Å²) >= 11 is 6.17. The molecule has 1 N–H and O–H groups in total. The molecular formula is C29H28ClN3O5. The highest BCUT2D eigenvalue weighted by Gasteiger charge is 2.43. The molecule has 0 unspecified atom stereocenters. The minimum absolute atomic E-state index is 0.0610. The predicted molar refractivity (Wildman–Crippen MR) is 144 cm³/mol. The Morgan fingerprint density at radius 2 is 1.71 bits per heavy atom. The van der Waals surface area contributed by atoms with E-state index < -0.39 is 29.7 Å². The van der Waals surface area contributed by atoms with Gasteiger partial charge in [-0.25, -0.2) is 9.36 Å². The van der Waals surface area contributed by atoms with Crippen molar-refractivity contribution < 1.29 is 14.3 Å². The number of carbonyl (C=O) groups excluding carboxylic acids is 2. The molecule has 5 rings (SSSR count). The van der Waals surface area contributed by atoms with Gasteiger partial charge < -0.3 is 10.1 Å². The topological polar surface area (TPSA) is 99.4 Å². The number of allylic oxidation sites excluding steroid dienone is 2. The highest BCUT2D eigenvalue weighted by atomic mass is 35.5. The van der Waals surface area contributed by atoms with Crippen LogP contribution in [0.15, 0.2) is 75.5 Å². The van der Waals surface area contributed by atoms with Crippen LogP contribution in [0, 0.1) is 5.41 Å². The summed E-state index contributed by atoms with van der Waals surface area (Å²) in [5.74, 6) is -1.19. The molecule has 0 spiro atoms. The van der Waals surface area contributed by atoms with Crippen LogP contribution in [-0.2, 0) is 27.4 Å². The number of hydrogen-bond donors (Lipinski definition) is 1. The quantitative estimate of drug-likeness (QED) is 0.496. The predicted octanol–water partition coefficient (Wildman–Crippen LogP) is 4.09. The van der Waals surface area contributed by atoms with E-state index in [1.807, 2.05) is 44.2 Å². The summed E-state index contributed by atoms with van der Waals surface area (Å²) in [4.78, 5) is 53.6. The molecule has 0 saturated carbocycles. The summed E-state index contributed by atoms with van der Waals surface area (Å²) in [6, 6.07) is 16.4. The van der Waals surface area contributed by atoms with Crippen molar-refractivity contribution in [3.8, 4) is 0 Å². The van der Waals surface area contributed by atoms with Crippen LogP contribution in [0.4, 0.5) is 5.82 Å². The monoisotopic (exact) mass is 533 g/mol. The zero-order chi connectivity index (χ0) is 27.2. The van der Waals surface area contributed by atoms with E-state index in [-0.39, 0.29) is 23.3 Å². The van der Waals surface area contributed by atoms with Crippen LogP contribution < -0.4 is 16.6 Å². The third-order valence-electron chi connectivity index (χ3n) is 7.13. The second kappa shape index (κ2) is 9.76. The Hall–Kier alpha value is -3.91. The molecule has 0 radical (unpaired) electrons. The molecule has 1 aliphatic heterocycles. The number of carbonyl (C=O) groups is 2. The lowest BCUT2D eigenvalue weighted by molar-refractivity contribution is -0.141. The second-order valence-corrected chi connectivity index (χ2v) is 11.0. The third-order valence-corrected chi connectivity index (χ3v) is 7.38. The number of nitrogens with zero attached hydrogens (tertiary/aromatic N) is 2. The largest absolute Gasteiger partial charge is 0.468 e. The summed E-state index contributed by atoms with van der Waals surface area (Å²) in [5.41, 5.74) is 1.39. The van der Waals surface area contributed by atoms with Crippen molar-refractivity contribution in [2.45, 2.75) is 45.7 Å². The van der Waals surface area contributed by atoms with Crippen LogP contribution in [-0.4, -0.2) is 28.0 Å². The van der Waals surface area contributed by atoms with Crippen LogP contribution >= 0.6 is 11.6 Å². The Balaban J connectivity index is 1.83. The van der Waals surface area contributed by atoms with Crippen molar-refractivity contribution in [2.24, 2.45) is 5.41 Å². The molecule has 2 aliphatic rings. The van der Waals surface area contributed by atoms with Gasteiger partial charge in [-0.15, -0.1) is 0 Å². The summed E-state index contributed by atoms with van der Waals surface area (Å²) in [7, 11) is 1.20. The van der Waals surface area contributed by atoms with E-state index in [1.165, 1.54) is 11.7 Å². The maximum Gasteiger partial charge on any atom is 0.333 e. The lowest BCUT2D eigenvalue weighted by Gasteiger charge is -2.39. The fraction of sp³-hybridized carbons (Fsp3) is 0.310. The molecule has 0 bridgehead atoms. The number of methoxy groups -OCH3 is 1. The Labute approximate surface area is 224 Å². The molecule has 3 aromatic rings. The normalized spacial score (nSPS) is 17.9. The van der Waals surface area contributed by atoms with Crippen molar-refractivity contribution in [3.63, 3.8) is 0 Å². The van der Waals surface area contributed by atoms with Gasteiger partial charge >= 0.3 is 11.7 Å². The molecule has 0 amide bonds. The van der Waals surface area contributed by atoms with Crippen LogP contribution in [0.1, 0.15) is 49.3 Å². The standard InChI is InChI=1S/C29H28ClN3O5/c1-29(2)13-20-24(21(34)14-29)23(18-9-11-19(30)12-10-18)25-26(31-20)32(15-17-7-5-4-6-8-17)28(37)33(27(25)36)16-22(35)38-3/h4-12,23,31H,13-16H2,1-3H3/t23-/m0/s1. The Bertz CT molecular complexity index is 1580. The van der Waals surface area contributed by atoms with Crippen LogP contribution in [0.3, 0.4) is 0 Å². The maximum absolute atomic E-state index is 14.0. The van der Waals surface area contributed by atoms with E-state index in [0.717, 1.165) is 10.1 Å². The first-order chi connectivity index (χ1) is 18.1. The first-order valence-electron chi connectivity index (χ1n) is 12.4. The van der Waals surface area contributed by atoms with E-state index in [9.17, 15) is 19.2 Å². The van der Waals surface area contributed by atoms with Gasteiger partial charge in [-0.3, -0.25) is 19.0 Å². The van der Waals surface area contributed by atoms with Gasteiger partial charge in [0.2, 0.25) is 0 Å². The highest BCUT2D eigenvalue weighted by molar-refractivity contribution is 6.30. The number of esters is 1. The molecule has 1 aliphatic carbocycles. The van der Waals surface area contributed by atoms with Crippen LogP contribution in [0.5, 0.6) is 0 Å². The summed E-state index contributed by atoms with van der Waals surface area (Å²) in [5, 5.41) is 3.85. The number of halogens is 1. The molecule has 196 valence electrons. The van der Waals surface area contributed by atoms with Gasteiger partial charge in [-0.05, 0) is 35.1 Å². The number of hydrogen-bond acceptors (Lipinski definition) is 6. The highest BCUT2D eigenvalue weighted by Crippen LogP contribution is 2.48.